The van der Waals surface area contributed by atoms with Gasteiger partial charge in [-0.15, -0.1) is 0 Å². The number of hydrogen-bond acceptors (Lipinski definition) is 6. The zero-order valence-corrected chi connectivity index (χ0v) is 22.2. The van der Waals surface area contributed by atoms with E-state index >= 15 is 0 Å². The van der Waals surface area contributed by atoms with E-state index in [1.807, 2.05) is 54.6 Å². The number of aromatic nitrogens is 1. The molecule has 0 bridgehead atoms. The maximum Gasteiger partial charge on any atom is 0.259 e. The highest BCUT2D eigenvalue weighted by atomic mass is 16.3. The number of fused-ring (bicyclic) bond motifs is 1. The highest BCUT2D eigenvalue weighted by Crippen LogP contribution is 2.31. The van der Waals surface area contributed by atoms with Crippen molar-refractivity contribution >= 4 is 45.4 Å². The molecule has 2 fully saturated rings. The predicted octanol–water partition coefficient (Wildman–Crippen LogP) is 6.92. The fourth-order valence-corrected chi connectivity index (χ4v) is 5.58. The summed E-state index contributed by atoms with van der Waals surface area (Å²) in [5, 5.41) is 18.7. The number of nitrogens with zero attached hydrogens (tertiary/aromatic N) is 3. The van der Waals surface area contributed by atoms with Crippen LogP contribution < -0.4 is 20.4 Å². The largest absolute Gasteiger partial charge is 0.506 e. The minimum absolute atomic E-state index is 0.00408. The van der Waals surface area contributed by atoms with Gasteiger partial charge in [-0.05, 0) is 74.2 Å². The Kier molecular flexibility index (Phi) is 7.21. The molecule has 0 atom stereocenters. The van der Waals surface area contributed by atoms with Crippen LogP contribution in [0.5, 0.6) is 5.75 Å². The lowest BCUT2D eigenvalue weighted by atomic mass is 10.0. The molecular weight excluding hydrogens is 486 g/mol. The van der Waals surface area contributed by atoms with E-state index in [9.17, 15) is 9.90 Å². The Morgan fingerprint density at radius 1 is 0.692 bits per heavy atom. The summed E-state index contributed by atoms with van der Waals surface area (Å²) in [6.07, 6.45) is 7.42. The van der Waals surface area contributed by atoms with Crippen molar-refractivity contribution in [3.8, 4) is 5.75 Å². The Morgan fingerprint density at radius 2 is 1.28 bits per heavy atom. The van der Waals surface area contributed by atoms with Crippen LogP contribution in [0.2, 0.25) is 0 Å². The first-order chi connectivity index (χ1) is 19.1. The van der Waals surface area contributed by atoms with Gasteiger partial charge in [0.25, 0.3) is 5.91 Å². The first kappa shape index (κ1) is 25.0. The van der Waals surface area contributed by atoms with Gasteiger partial charge < -0.3 is 25.5 Å². The Labute approximate surface area is 229 Å². The second-order valence-electron chi connectivity index (χ2n) is 10.5. The van der Waals surface area contributed by atoms with E-state index in [2.05, 4.69) is 32.6 Å². The molecule has 2 aliphatic rings. The molecule has 4 aromatic rings. The number of benzene rings is 3. The summed E-state index contributed by atoms with van der Waals surface area (Å²) >= 11 is 0. The average Bonchev–Trinajstić information content (AvgIpc) is 2.99. The van der Waals surface area contributed by atoms with Gasteiger partial charge >= 0.3 is 0 Å². The van der Waals surface area contributed by atoms with Crippen LogP contribution >= 0.6 is 0 Å². The van der Waals surface area contributed by atoms with Gasteiger partial charge in [-0.25, -0.2) is 4.98 Å². The lowest BCUT2D eigenvalue weighted by Gasteiger charge is -2.32. The van der Waals surface area contributed by atoms with Gasteiger partial charge in [0, 0.05) is 60.8 Å². The van der Waals surface area contributed by atoms with E-state index in [1.54, 1.807) is 6.07 Å². The molecule has 3 aromatic carbocycles. The zero-order chi connectivity index (χ0) is 26.6. The lowest BCUT2D eigenvalue weighted by molar-refractivity contribution is 0.102. The fraction of sp³-hybridized carbons (Fsp3) is 0.312. The number of rotatable bonds is 6. The molecule has 0 aliphatic carbocycles. The Bertz CT molecular complexity index is 1420. The number of nitrogens with one attached hydrogen (secondary N) is 2. The number of carbonyl (C=O) groups excluding carboxylic acids is 1. The number of amides is 1. The maximum atomic E-state index is 12.9. The minimum atomic E-state index is -0.342. The van der Waals surface area contributed by atoms with Crippen molar-refractivity contribution in [1.29, 1.82) is 0 Å². The normalized spacial score (nSPS) is 15.8. The van der Waals surface area contributed by atoms with Crippen LogP contribution in [0.25, 0.3) is 10.8 Å². The number of phenols is 1. The van der Waals surface area contributed by atoms with E-state index in [0.29, 0.717) is 11.1 Å². The molecular formula is C32H35N5O2. The van der Waals surface area contributed by atoms with Crippen LogP contribution in [0.4, 0.5) is 28.7 Å². The van der Waals surface area contributed by atoms with E-state index in [1.165, 1.54) is 38.5 Å². The number of anilines is 5. The van der Waals surface area contributed by atoms with Gasteiger partial charge in [-0.1, -0.05) is 30.3 Å². The molecule has 6 rings (SSSR count). The van der Waals surface area contributed by atoms with Gasteiger partial charge in [-0.3, -0.25) is 4.79 Å². The monoisotopic (exact) mass is 521 g/mol. The van der Waals surface area contributed by atoms with Crippen LogP contribution in [0.15, 0.2) is 72.8 Å². The van der Waals surface area contributed by atoms with Crippen molar-refractivity contribution < 1.29 is 9.90 Å². The van der Waals surface area contributed by atoms with Crippen molar-refractivity contribution in [3.63, 3.8) is 0 Å². The maximum absolute atomic E-state index is 12.9. The first-order valence-corrected chi connectivity index (χ1v) is 14.1. The van der Waals surface area contributed by atoms with E-state index in [-0.39, 0.29) is 17.2 Å². The number of hydrogen-bond donors (Lipinski definition) is 3. The van der Waals surface area contributed by atoms with Crippen LogP contribution in [0.1, 0.15) is 48.9 Å². The minimum Gasteiger partial charge on any atom is -0.506 e. The van der Waals surface area contributed by atoms with Gasteiger partial charge in [0.05, 0.1) is 5.56 Å². The summed E-state index contributed by atoms with van der Waals surface area (Å²) in [5.74, 6) is 1.74. The second-order valence-corrected chi connectivity index (χ2v) is 10.5. The third-order valence-electron chi connectivity index (χ3n) is 7.74. The molecule has 2 aliphatic heterocycles. The molecule has 1 aromatic heterocycles. The van der Waals surface area contributed by atoms with Crippen molar-refractivity contribution in [2.45, 2.75) is 38.5 Å². The molecule has 1 amide bonds. The van der Waals surface area contributed by atoms with Gasteiger partial charge in [0.1, 0.15) is 17.4 Å². The van der Waals surface area contributed by atoms with Gasteiger partial charge in [0.15, 0.2) is 0 Å². The van der Waals surface area contributed by atoms with Crippen molar-refractivity contribution in [1.82, 2.24) is 4.98 Å². The van der Waals surface area contributed by atoms with Crippen LogP contribution in [-0.2, 0) is 0 Å². The molecule has 200 valence electrons. The Hall–Kier alpha value is -4.26. The molecule has 39 heavy (non-hydrogen) atoms. The molecule has 3 heterocycles. The predicted molar refractivity (Wildman–Crippen MR) is 160 cm³/mol. The van der Waals surface area contributed by atoms with Crippen molar-refractivity contribution in [2.24, 2.45) is 0 Å². The van der Waals surface area contributed by atoms with E-state index < -0.39 is 0 Å². The topological polar surface area (TPSA) is 80.7 Å². The number of carbonyl (C=O) groups is 1. The SMILES string of the molecule is O=C(Nc1ccc(Nc2cc(N3CCCCC3)nc(N3CCCCC3)c2)cc1)c1ccc2ccccc2c1O. The average molecular weight is 522 g/mol. The number of pyridine rings is 1. The third-order valence-corrected chi connectivity index (χ3v) is 7.74. The fourth-order valence-electron chi connectivity index (χ4n) is 5.58. The second kappa shape index (κ2) is 11.2. The summed E-state index contributed by atoms with van der Waals surface area (Å²) in [7, 11) is 0. The number of phenolic OH excluding ortho intramolecular Hbond substituents is 1. The molecule has 0 spiro atoms. The van der Waals surface area contributed by atoms with Crippen molar-refractivity contribution in [2.75, 3.05) is 46.6 Å². The molecule has 2 saturated heterocycles. The van der Waals surface area contributed by atoms with Gasteiger partial charge in [0.2, 0.25) is 0 Å². The van der Waals surface area contributed by atoms with E-state index in [4.69, 9.17) is 4.98 Å². The summed E-state index contributed by atoms with van der Waals surface area (Å²) in [5.41, 5.74) is 2.87. The van der Waals surface area contributed by atoms with Gasteiger partial charge in [-0.2, -0.15) is 0 Å². The Morgan fingerprint density at radius 3 is 1.92 bits per heavy atom. The summed E-state index contributed by atoms with van der Waals surface area (Å²) in [6, 6.07) is 22.9. The molecule has 0 saturated carbocycles. The highest BCUT2D eigenvalue weighted by molar-refractivity contribution is 6.09. The number of aromatic hydroxyl groups is 1. The van der Waals surface area contributed by atoms with Crippen molar-refractivity contribution in [3.05, 3.63) is 78.4 Å². The highest BCUT2D eigenvalue weighted by Gasteiger charge is 2.18. The van der Waals surface area contributed by atoms with Crippen LogP contribution in [-0.4, -0.2) is 42.2 Å². The number of piperidine rings is 2. The standard InChI is InChI=1S/C32H35N5O2/c38-31-27-10-4-3-9-23(27)11-16-28(31)32(39)34-25-14-12-24(13-15-25)33-26-21-29(36-17-5-1-6-18-36)35-30(22-26)37-19-7-2-8-20-37/h3-4,9-16,21-22,38H,1-2,5-8,17-20H2,(H,33,35)(H,34,39). The summed E-state index contributed by atoms with van der Waals surface area (Å²) < 4.78 is 0. The molecule has 0 radical (unpaired) electrons. The molecule has 0 unspecified atom stereocenters. The summed E-state index contributed by atoms with van der Waals surface area (Å²) in [4.78, 5) is 22.8. The Balaban J connectivity index is 1.19. The molecule has 3 N–H and O–H groups in total. The third kappa shape index (κ3) is 5.62. The summed E-state index contributed by atoms with van der Waals surface area (Å²) in [6.45, 7) is 4.21. The van der Waals surface area contributed by atoms with Crippen LogP contribution in [0, 0.1) is 0 Å². The molecule has 7 nitrogen and oxygen atoms in total. The smallest absolute Gasteiger partial charge is 0.259 e. The van der Waals surface area contributed by atoms with Crippen LogP contribution in [0.3, 0.4) is 0 Å². The molecule has 7 heteroatoms. The first-order valence-electron chi connectivity index (χ1n) is 14.1. The zero-order valence-electron chi connectivity index (χ0n) is 22.2. The quantitative estimate of drug-likeness (QED) is 0.256. The lowest BCUT2D eigenvalue weighted by Crippen LogP contribution is -2.33. The van der Waals surface area contributed by atoms with E-state index in [0.717, 1.165) is 54.6 Å².